The summed E-state index contributed by atoms with van der Waals surface area (Å²) < 4.78 is 0. The molecule has 0 saturated carbocycles. The van der Waals surface area contributed by atoms with E-state index in [0.717, 1.165) is 26.2 Å². The molecule has 0 radical (unpaired) electrons. The molecule has 0 aliphatic carbocycles. The number of amides is 1. The van der Waals surface area contributed by atoms with Gasteiger partial charge in [-0.1, -0.05) is 0 Å². The van der Waals surface area contributed by atoms with Gasteiger partial charge in [0.2, 0.25) is 5.91 Å². The molecular weight excluding hydrogens is 154 g/mol. The molecule has 1 N–H and O–H groups in total. The third-order valence-electron chi connectivity index (χ3n) is 2.72. The second-order valence-corrected chi connectivity index (χ2v) is 3.60. The van der Waals surface area contributed by atoms with Gasteiger partial charge in [0.05, 0.1) is 6.54 Å². The number of carbonyl (C=O) groups is 1. The van der Waals surface area contributed by atoms with Crippen molar-refractivity contribution in [3.05, 3.63) is 0 Å². The van der Waals surface area contributed by atoms with Gasteiger partial charge in [0.1, 0.15) is 0 Å². The van der Waals surface area contributed by atoms with Gasteiger partial charge in [0.25, 0.3) is 0 Å². The molecular formula is C8H15N3O. The molecule has 2 rings (SSSR count). The van der Waals surface area contributed by atoms with E-state index in [1.807, 2.05) is 11.9 Å². The molecule has 0 spiro atoms. The number of nitrogens with one attached hydrogen (secondary N) is 1. The Morgan fingerprint density at radius 3 is 3.25 bits per heavy atom. The zero-order valence-corrected chi connectivity index (χ0v) is 7.42. The predicted molar refractivity (Wildman–Crippen MR) is 45.9 cm³/mol. The zero-order chi connectivity index (χ0) is 8.55. The molecule has 0 bridgehead atoms. The van der Waals surface area contributed by atoms with Crippen molar-refractivity contribution in [2.24, 2.45) is 0 Å². The van der Waals surface area contributed by atoms with Crippen molar-refractivity contribution < 1.29 is 4.79 Å². The lowest BCUT2D eigenvalue weighted by Gasteiger charge is -2.42. The van der Waals surface area contributed by atoms with Crippen LogP contribution in [0.15, 0.2) is 0 Å². The number of rotatable bonds is 0. The first-order valence-corrected chi connectivity index (χ1v) is 4.46. The standard InChI is InChI=1S/C8H15N3O/c1-10-5-7-4-9-2-3-11(7)6-8(10)12/h7,9H,2-6H2,1H3. The fourth-order valence-electron chi connectivity index (χ4n) is 1.90. The van der Waals surface area contributed by atoms with Crippen LogP contribution in [0.25, 0.3) is 0 Å². The van der Waals surface area contributed by atoms with E-state index in [0.29, 0.717) is 12.6 Å². The van der Waals surface area contributed by atoms with Gasteiger partial charge < -0.3 is 10.2 Å². The van der Waals surface area contributed by atoms with Gasteiger partial charge in [-0.05, 0) is 0 Å². The minimum Gasteiger partial charge on any atom is -0.343 e. The van der Waals surface area contributed by atoms with E-state index in [4.69, 9.17) is 0 Å². The van der Waals surface area contributed by atoms with Crippen LogP contribution in [0.2, 0.25) is 0 Å². The van der Waals surface area contributed by atoms with E-state index >= 15 is 0 Å². The van der Waals surface area contributed by atoms with Gasteiger partial charge in [-0.3, -0.25) is 9.69 Å². The minimum atomic E-state index is 0.258. The third kappa shape index (κ3) is 1.32. The Morgan fingerprint density at radius 2 is 2.42 bits per heavy atom. The summed E-state index contributed by atoms with van der Waals surface area (Å²) in [6, 6.07) is 0.543. The van der Waals surface area contributed by atoms with Crippen LogP contribution in [0.3, 0.4) is 0 Å². The lowest BCUT2D eigenvalue weighted by Crippen LogP contribution is -2.62. The largest absolute Gasteiger partial charge is 0.343 e. The second-order valence-electron chi connectivity index (χ2n) is 3.60. The Hall–Kier alpha value is -0.610. The maximum atomic E-state index is 11.3. The van der Waals surface area contributed by atoms with Crippen molar-refractivity contribution in [3.8, 4) is 0 Å². The van der Waals surface area contributed by atoms with Crippen LogP contribution in [0.5, 0.6) is 0 Å². The molecule has 0 aromatic heterocycles. The Morgan fingerprint density at radius 1 is 1.58 bits per heavy atom. The lowest BCUT2D eigenvalue weighted by atomic mass is 10.1. The highest BCUT2D eigenvalue weighted by atomic mass is 16.2. The molecule has 2 heterocycles. The summed E-state index contributed by atoms with van der Waals surface area (Å²) in [7, 11) is 1.88. The first-order chi connectivity index (χ1) is 5.77. The molecule has 1 amide bonds. The van der Waals surface area contributed by atoms with Crippen LogP contribution in [0.1, 0.15) is 0 Å². The van der Waals surface area contributed by atoms with Crippen LogP contribution in [-0.2, 0) is 4.79 Å². The maximum absolute atomic E-state index is 11.3. The quantitative estimate of drug-likeness (QED) is 0.491. The molecule has 1 unspecified atom stereocenters. The summed E-state index contributed by atoms with van der Waals surface area (Å²) in [6.45, 7) is 4.56. The van der Waals surface area contributed by atoms with Crippen molar-refractivity contribution in [3.63, 3.8) is 0 Å². The highest BCUT2D eigenvalue weighted by molar-refractivity contribution is 5.78. The Kier molecular flexibility index (Phi) is 2.02. The monoisotopic (exact) mass is 169 g/mol. The van der Waals surface area contributed by atoms with E-state index in [1.54, 1.807) is 0 Å². The van der Waals surface area contributed by atoms with Crippen LogP contribution in [0.4, 0.5) is 0 Å². The Labute approximate surface area is 72.5 Å². The summed E-state index contributed by atoms with van der Waals surface area (Å²) in [5, 5.41) is 3.34. The van der Waals surface area contributed by atoms with Gasteiger partial charge in [-0.25, -0.2) is 0 Å². The van der Waals surface area contributed by atoms with E-state index < -0.39 is 0 Å². The molecule has 1 atom stereocenters. The first-order valence-electron chi connectivity index (χ1n) is 4.46. The van der Waals surface area contributed by atoms with Crippen LogP contribution in [-0.4, -0.2) is 61.5 Å². The van der Waals surface area contributed by atoms with Gasteiger partial charge in [-0.15, -0.1) is 0 Å². The number of hydrogen-bond donors (Lipinski definition) is 1. The van der Waals surface area contributed by atoms with E-state index in [1.165, 1.54) is 0 Å². The number of likely N-dealkylation sites (N-methyl/N-ethyl adjacent to an activating group) is 1. The third-order valence-corrected chi connectivity index (χ3v) is 2.72. The van der Waals surface area contributed by atoms with Crippen molar-refractivity contribution in [2.75, 3.05) is 39.8 Å². The fourth-order valence-corrected chi connectivity index (χ4v) is 1.90. The molecule has 4 heteroatoms. The number of piperazine rings is 2. The Bertz CT molecular complexity index is 195. The topological polar surface area (TPSA) is 35.6 Å². The molecule has 4 nitrogen and oxygen atoms in total. The molecule has 0 aromatic carbocycles. The number of hydrogen-bond acceptors (Lipinski definition) is 3. The number of nitrogens with zero attached hydrogens (tertiary/aromatic N) is 2. The smallest absolute Gasteiger partial charge is 0.236 e. The van der Waals surface area contributed by atoms with Crippen LogP contribution >= 0.6 is 0 Å². The number of carbonyl (C=O) groups excluding carboxylic acids is 1. The Balaban J connectivity index is 2.02. The summed E-state index contributed by atoms with van der Waals surface area (Å²) in [6.07, 6.45) is 0. The molecule has 12 heavy (non-hydrogen) atoms. The molecule has 2 aliphatic rings. The summed E-state index contributed by atoms with van der Waals surface area (Å²) >= 11 is 0. The maximum Gasteiger partial charge on any atom is 0.236 e. The van der Waals surface area contributed by atoms with Crippen molar-refractivity contribution in [1.29, 1.82) is 0 Å². The normalized spacial score (nSPS) is 31.9. The zero-order valence-electron chi connectivity index (χ0n) is 7.42. The van der Waals surface area contributed by atoms with Crippen molar-refractivity contribution in [1.82, 2.24) is 15.1 Å². The summed E-state index contributed by atoms with van der Waals surface area (Å²) in [5.41, 5.74) is 0. The molecule has 2 fully saturated rings. The van der Waals surface area contributed by atoms with Gasteiger partial charge in [0.15, 0.2) is 0 Å². The van der Waals surface area contributed by atoms with E-state index in [-0.39, 0.29) is 5.91 Å². The lowest BCUT2D eigenvalue weighted by molar-refractivity contribution is -0.137. The molecule has 68 valence electrons. The highest BCUT2D eigenvalue weighted by Crippen LogP contribution is 2.10. The first kappa shape index (κ1) is 8.01. The SMILES string of the molecule is CN1CC2CNCCN2CC1=O. The summed E-state index contributed by atoms with van der Waals surface area (Å²) in [5.74, 6) is 0.258. The van der Waals surface area contributed by atoms with Crippen molar-refractivity contribution in [2.45, 2.75) is 6.04 Å². The predicted octanol–water partition coefficient (Wildman–Crippen LogP) is -1.27. The van der Waals surface area contributed by atoms with Crippen molar-refractivity contribution >= 4 is 5.91 Å². The van der Waals surface area contributed by atoms with Gasteiger partial charge in [0, 0.05) is 39.3 Å². The molecule has 0 aromatic rings. The summed E-state index contributed by atoms with van der Waals surface area (Å²) in [4.78, 5) is 15.4. The van der Waals surface area contributed by atoms with E-state index in [2.05, 4.69) is 10.2 Å². The highest BCUT2D eigenvalue weighted by Gasteiger charge is 2.31. The fraction of sp³-hybridized carbons (Fsp3) is 0.875. The van der Waals surface area contributed by atoms with Crippen LogP contribution < -0.4 is 5.32 Å². The van der Waals surface area contributed by atoms with Crippen LogP contribution in [0, 0.1) is 0 Å². The number of fused-ring (bicyclic) bond motifs is 1. The molecule has 2 aliphatic heterocycles. The van der Waals surface area contributed by atoms with Gasteiger partial charge in [-0.2, -0.15) is 0 Å². The minimum absolute atomic E-state index is 0.258. The average molecular weight is 169 g/mol. The van der Waals surface area contributed by atoms with Gasteiger partial charge >= 0.3 is 0 Å². The van der Waals surface area contributed by atoms with E-state index in [9.17, 15) is 4.79 Å². The average Bonchev–Trinajstić information content (AvgIpc) is 2.07. The second kappa shape index (κ2) is 3.03. The molecule has 2 saturated heterocycles.